The summed E-state index contributed by atoms with van der Waals surface area (Å²) in [5, 5.41) is 6.18. The van der Waals surface area contributed by atoms with Crippen molar-refractivity contribution in [2.24, 2.45) is 0 Å². The van der Waals surface area contributed by atoms with Crippen LogP contribution < -0.4 is 10.6 Å². The van der Waals surface area contributed by atoms with Crippen molar-refractivity contribution in [2.75, 3.05) is 10.6 Å². The average Bonchev–Trinajstić information content (AvgIpc) is 2.41. The maximum atomic E-state index is 11.1. The van der Waals surface area contributed by atoms with E-state index in [4.69, 9.17) is 0 Å². The van der Waals surface area contributed by atoms with Gasteiger partial charge in [-0.05, 0) is 59.1 Å². The van der Waals surface area contributed by atoms with Crippen LogP contribution in [0.25, 0.3) is 0 Å². The second kappa shape index (κ2) is 6.72. The lowest BCUT2D eigenvalue weighted by Crippen LogP contribution is -2.10. The number of hydrogen-bond donors (Lipinski definition) is 2. The summed E-state index contributed by atoms with van der Waals surface area (Å²) in [5.41, 5.74) is 2.97. The van der Waals surface area contributed by atoms with Crippen molar-refractivity contribution >= 4 is 33.3 Å². The fourth-order valence-electron chi connectivity index (χ4n) is 2.07. The quantitative estimate of drug-likeness (QED) is 0.867. The predicted molar refractivity (Wildman–Crippen MR) is 89.5 cm³/mol. The molecule has 21 heavy (non-hydrogen) atoms. The van der Waals surface area contributed by atoms with Gasteiger partial charge in [-0.1, -0.05) is 12.1 Å². The number of pyridine rings is 1. The number of carbonyl (C=O) groups excluding carboxylic acids is 1. The van der Waals surface area contributed by atoms with E-state index in [-0.39, 0.29) is 11.9 Å². The Morgan fingerprint density at radius 3 is 2.76 bits per heavy atom. The molecule has 110 valence electrons. The molecule has 1 atom stereocenters. The lowest BCUT2D eigenvalue weighted by molar-refractivity contribution is -0.114. The molecule has 5 heteroatoms. The van der Waals surface area contributed by atoms with E-state index in [0.717, 1.165) is 27.1 Å². The highest BCUT2D eigenvalue weighted by atomic mass is 79.9. The number of rotatable bonds is 4. The molecule has 1 heterocycles. The van der Waals surface area contributed by atoms with Crippen LogP contribution in [0.3, 0.4) is 0 Å². The molecule has 1 unspecified atom stereocenters. The molecule has 0 bridgehead atoms. The summed E-state index contributed by atoms with van der Waals surface area (Å²) in [4.78, 5) is 15.5. The molecule has 0 saturated carbocycles. The summed E-state index contributed by atoms with van der Waals surface area (Å²) in [6, 6.07) is 9.91. The van der Waals surface area contributed by atoms with Gasteiger partial charge in [0.1, 0.15) is 5.82 Å². The normalized spacial score (nSPS) is 11.8. The first-order valence-electron chi connectivity index (χ1n) is 6.72. The van der Waals surface area contributed by atoms with Crippen LogP contribution in [-0.2, 0) is 4.79 Å². The van der Waals surface area contributed by atoms with Crippen molar-refractivity contribution in [1.82, 2.24) is 4.98 Å². The maximum absolute atomic E-state index is 11.1. The van der Waals surface area contributed by atoms with Crippen LogP contribution in [0.2, 0.25) is 0 Å². The fraction of sp³-hybridized carbons (Fsp3) is 0.250. The van der Waals surface area contributed by atoms with E-state index in [1.807, 2.05) is 37.3 Å². The zero-order valence-corrected chi connectivity index (χ0v) is 13.9. The number of halogens is 1. The second-order valence-corrected chi connectivity index (χ2v) is 5.91. The Labute approximate surface area is 133 Å². The average molecular weight is 348 g/mol. The fourth-order valence-corrected chi connectivity index (χ4v) is 2.51. The summed E-state index contributed by atoms with van der Waals surface area (Å²) in [7, 11) is 0. The van der Waals surface area contributed by atoms with Gasteiger partial charge < -0.3 is 10.6 Å². The van der Waals surface area contributed by atoms with Crippen molar-refractivity contribution < 1.29 is 4.79 Å². The van der Waals surface area contributed by atoms with Gasteiger partial charge in [-0.2, -0.15) is 0 Å². The molecule has 0 fully saturated rings. The van der Waals surface area contributed by atoms with Crippen molar-refractivity contribution in [2.45, 2.75) is 26.8 Å². The van der Waals surface area contributed by atoms with Crippen molar-refractivity contribution in [3.8, 4) is 0 Å². The van der Waals surface area contributed by atoms with Crippen LogP contribution in [0.4, 0.5) is 11.5 Å². The number of amides is 1. The Hall–Kier alpha value is -1.88. The lowest BCUT2D eigenvalue weighted by Gasteiger charge is -2.17. The highest BCUT2D eigenvalue weighted by Crippen LogP contribution is 2.24. The molecule has 0 spiro atoms. The monoisotopic (exact) mass is 347 g/mol. The van der Waals surface area contributed by atoms with Gasteiger partial charge in [0.05, 0.1) is 6.04 Å². The Kier molecular flexibility index (Phi) is 4.96. The van der Waals surface area contributed by atoms with E-state index >= 15 is 0 Å². The molecular formula is C16H18BrN3O. The van der Waals surface area contributed by atoms with Crippen LogP contribution in [0, 0.1) is 6.92 Å². The molecule has 4 nitrogen and oxygen atoms in total. The third-order valence-electron chi connectivity index (χ3n) is 3.11. The van der Waals surface area contributed by atoms with E-state index in [1.54, 1.807) is 6.20 Å². The third kappa shape index (κ3) is 4.29. The van der Waals surface area contributed by atoms with E-state index in [1.165, 1.54) is 6.92 Å². The Morgan fingerprint density at radius 1 is 1.33 bits per heavy atom. The van der Waals surface area contributed by atoms with E-state index in [2.05, 4.69) is 38.5 Å². The number of benzene rings is 1. The van der Waals surface area contributed by atoms with Gasteiger partial charge in [0.15, 0.2) is 0 Å². The van der Waals surface area contributed by atoms with Crippen LogP contribution in [0.1, 0.15) is 31.0 Å². The summed E-state index contributed by atoms with van der Waals surface area (Å²) in [6.07, 6.45) is 1.77. The van der Waals surface area contributed by atoms with Crippen LogP contribution in [0.15, 0.2) is 41.0 Å². The van der Waals surface area contributed by atoms with Crippen LogP contribution in [-0.4, -0.2) is 10.9 Å². The van der Waals surface area contributed by atoms with Gasteiger partial charge >= 0.3 is 0 Å². The van der Waals surface area contributed by atoms with Gasteiger partial charge in [0.25, 0.3) is 0 Å². The molecule has 2 N–H and O–H groups in total. The van der Waals surface area contributed by atoms with Gasteiger partial charge in [0.2, 0.25) is 5.91 Å². The molecule has 1 amide bonds. The molecule has 1 aromatic heterocycles. The molecule has 2 aromatic rings. The minimum absolute atomic E-state index is 0.0711. The minimum atomic E-state index is -0.0711. The number of aromatic nitrogens is 1. The van der Waals surface area contributed by atoms with E-state index in [9.17, 15) is 4.79 Å². The largest absolute Gasteiger partial charge is 0.363 e. The summed E-state index contributed by atoms with van der Waals surface area (Å²) in [5.74, 6) is 0.786. The number of anilines is 2. The highest BCUT2D eigenvalue weighted by molar-refractivity contribution is 9.10. The first-order chi connectivity index (χ1) is 9.95. The first kappa shape index (κ1) is 15.5. The van der Waals surface area contributed by atoms with Gasteiger partial charge in [-0.25, -0.2) is 4.98 Å². The first-order valence-corrected chi connectivity index (χ1v) is 7.51. The zero-order valence-electron chi connectivity index (χ0n) is 12.3. The topological polar surface area (TPSA) is 54.0 Å². The van der Waals surface area contributed by atoms with Crippen molar-refractivity contribution in [3.05, 3.63) is 52.1 Å². The second-order valence-electron chi connectivity index (χ2n) is 4.99. The Balaban J connectivity index is 2.16. The van der Waals surface area contributed by atoms with Crippen molar-refractivity contribution in [3.63, 3.8) is 0 Å². The molecule has 0 saturated heterocycles. The number of nitrogens with zero attached hydrogens (tertiary/aromatic N) is 1. The zero-order chi connectivity index (χ0) is 15.4. The smallest absolute Gasteiger partial charge is 0.221 e. The summed E-state index contributed by atoms with van der Waals surface area (Å²) in [6.45, 7) is 5.58. The summed E-state index contributed by atoms with van der Waals surface area (Å²) < 4.78 is 0.964. The standard InChI is InChI=1S/C16H18BrN3O/c1-10-7-14(17)9-18-16(10)19-11(2)13-5-4-6-15(8-13)20-12(3)21/h4-9,11H,1-3H3,(H,18,19)(H,20,21). The van der Waals surface area contributed by atoms with Crippen LogP contribution in [0.5, 0.6) is 0 Å². The Morgan fingerprint density at radius 2 is 2.10 bits per heavy atom. The molecule has 1 aromatic carbocycles. The SMILES string of the molecule is CC(=O)Nc1cccc(C(C)Nc2ncc(Br)cc2C)c1. The number of nitrogens with one attached hydrogen (secondary N) is 2. The number of carbonyl (C=O) groups is 1. The molecule has 0 aliphatic heterocycles. The van der Waals surface area contributed by atoms with Gasteiger partial charge in [-0.3, -0.25) is 4.79 Å². The number of hydrogen-bond acceptors (Lipinski definition) is 3. The molecule has 0 aliphatic rings. The number of aryl methyl sites for hydroxylation is 1. The molecule has 0 radical (unpaired) electrons. The maximum Gasteiger partial charge on any atom is 0.221 e. The minimum Gasteiger partial charge on any atom is -0.363 e. The van der Waals surface area contributed by atoms with Gasteiger partial charge in [0, 0.05) is 23.3 Å². The molecule has 2 rings (SSSR count). The van der Waals surface area contributed by atoms with Gasteiger partial charge in [-0.15, -0.1) is 0 Å². The lowest BCUT2D eigenvalue weighted by atomic mass is 10.1. The highest BCUT2D eigenvalue weighted by Gasteiger charge is 2.09. The molecule has 0 aliphatic carbocycles. The van der Waals surface area contributed by atoms with E-state index in [0.29, 0.717) is 0 Å². The van der Waals surface area contributed by atoms with Crippen molar-refractivity contribution in [1.29, 1.82) is 0 Å². The third-order valence-corrected chi connectivity index (χ3v) is 3.54. The summed E-state index contributed by atoms with van der Waals surface area (Å²) >= 11 is 3.41. The Bertz CT molecular complexity index is 658. The molecular weight excluding hydrogens is 330 g/mol. The predicted octanol–water partition coefficient (Wildman–Crippen LogP) is 4.28. The van der Waals surface area contributed by atoms with E-state index < -0.39 is 0 Å². The van der Waals surface area contributed by atoms with Crippen LogP contribution >= 0.6 is 15.9 Å².